The molecule has 2 aromatic heterocycles. The molecule has 142 valence electrons. The van der Waals surface area contributed by atoms with Crippen molar-refractivity contribution >= 4 is 22.4 Å². The van der Waals surface area contributed by atoms with E-state index in [1.54, 1.807) is 0 Å². The van der Waals surface area contributed by atoms with Gasteiger partial charge in [-0.05, 0) is 18.2 Å². The minimum Gasteiger partial charge on any atom is -0.355 e. The fourth-order valence-electron chi connectivity index (χ4n) is 2.89. The van der Waals surface area contributed by atoms with Gasteiger partial charge >= 0.3 is 11.9 Å². The third kappa shape index (κ3) is 3.03. The molecular weight excluding hydrogens is 365 g/mol. The van der Waals surface area contributed by atoms with Crippen LogP contribution in [0.5, 0.6) is 0 Å². The van der Waals surface area contributed by atoms with Crippen molar-refractivity contribution < 1.29 is 13.2 Å². The Hall–Kier alpha value is -3.30. The van der Waals surface area contributed by atoms with E-state index in [4.69, 9.17) is 0 Å². The van der Waals surface area contributed by atoms with Crippen LogP contribution in [0.25, 0.3) is 11.0 Å². The number of benzene rings is 1. The summed E-state index contributed by atoms with van der Waals surface area (Å²) in [6.45, 7) is 0. The van der Waals surface area contributed by atoms with E-state index < -0.39 is 28.5 Å². The van der Waals surface area contributed by atoms with E-state index in [1.807, 2.05) is 0 Å². The van der Waals surface area contributed by atoms with Crippen LogP contribution in [0.3, 0.4) is 0 Å². The molecule has 0 saturated heterocycles. The number of nitrogens with one attached hydrogen (secondary N) is 1. The summed E-state index contributed by atoms with van der Waals surface area (Å²) in [7, 11) is 4.08. The Balaban J connectivity index is 2.31. The van der Waals surface area contributed by atoms with Gasteiger partial charge in [0, 0.05) is 32.9 Å². The first-order chi connectivity index (χ1) is 12.5. The highest BCUT2D eigenvalue weighted by molar-refractivity contribution is 5.90. The maximum atomic E-state index is 12.9. The summed E-state index contributed by atoms with van der Waals surface area (Å²) in [4.78, 5) is 37.0. The second-order valence-corrected chi connectivity index (χ2v) is 6.06. The molecule has 0 unspecified atom stereocenters. The first kappa shape index (κ1) is 18.5. The first-order valence-electron chi connectivity index (χ1n) is 7.76. The molecule has 3 aromatic rings. The number of hydrogen-bond acceptors (Lipinski definition) is 4. The lowest BCUT2D eigenvalue weighted by molar-refractivity contribution is -0.137. The molecule has 0 amide bonds. The number of fused-ring (bicyclic) bond motifs is 1. The summed E-state index contributed by atoms with van der Waals surface area (Å²) in [5, 5.41) is 2.71. The Morgan fingerprint density at radius 3 is 2.22 bits per heavy atom. The number of aromatic nitrogens is 3. The molecule has 0 saturated carbocycles. The minimum atomic E-state index is -4.54. The van der Waals surface area contributed by atoms with E-state index in [1.165, 1.54) is 33.3 Å². The lowest BCUT2D eigenvalue weighted by Crippen LogP contribution is -2.39. The molecule has 27 heavy (non-hydrogen) atoms. The topological polar surface area (TPSA) is 78.0 Å². The van der Waals surface area contributed by atoms with E-state index in [9.17, 15) is 27.6 Å². The molecule has 0 bridgehead atoms. The van der Waals surface area contributed by atoms with Gasteiger partial charge in [0.15, 0.2) is 0 Å². The van der Waals surface area contributed by atoms with Crippen molar-refractivity contribution in [1.82, 2.24) is 13.7 Å². The fourth-order valence-corrected chi connectivity index (χ4v) is 2.89. The highest BCUT2D eigenvalue weighted by Gasteiger charge is 2.30. The maximum absolute atomic E-state index is 12.9. The number of pyridine rings is 1. The molecule has 0 spiro atoms. The Labute approximate surface area is 149 Å². The zero-order valence-electron chi connectivity index (χ0n) is 14.6. The molecule has 0 fully saturated rings. The van der Waals surface area contributed by atoms with Crippen molar-refractivity contribution in [3.05, 3.63) is 67.1 Å². The van der Waals surface area contributed by atoms with Gasteiger partial charge in [0.25, 0.3) is 11.1 Å². The quantitative estimate of drug-likeness (QED) is 0.734. The molecule has 1 N–H and O–H groups in total. The smallest absolute Gasteiger partial charge is 0.355 e. The SMILES string of the molecule is Cn1c(=O)c2c(Nc3cccc(C(F)(F)F)c3)cc(=O)n(C)c2n(C)c1=O. The van der Waals surface area contributed by atoms with Gasteiger partial charge in [0.05, 0.1) is 11.3 Å². The van der Waals surface area contributed by atoms with Crippen LogP contribution in [0.1, 0.15) is 5.56 Å². The maximum Gasteiger partial charge on any atom is 0.416 e. The van der Waals surface area contributed by atoms with Crippen molar-refractivity contribution in [2.75, 3.05) is 5.32 Å². The van der Waals surface area contributed by atoms with Gasteiger partial charge in [-0.15, -0.1) is 0 Å². The lowest BCUT2D eigenvalue weighted by atomic mass is 10.2. The van der Waals surface area contributed by atoms with Crippen LogP contribution >= 0.6 is 0 Å². The first-order valence-corrected chi connectivity index (χ1v) is 7.76. The predicted octanol–water partition coefficient (Wildman–Crippen LogP) is 1.70. The zero-order valence-corrected chi connectivity index (χ0v) is 14.6. The second-order valence-electron chi connectivity index (χ2n) is 6.06. The number of nitrogens with zero attached hydrogens (tertiary/aromatic N) is 3. The van der Waals surface area contributed by atoms with Crippen LogP contribution in [0, 0.1) is 0 Å². The molecule has 2 heterocycles. The zero-order chi connectivity index (χ0) is 20.1. The summed E-state index contributed by atoms with van der Waals surface area (Å²) in [6.07, 6.45) is -4.54. The van der Waals surface area contributed by atoms with Crippen LogP contribution in [0.2, 0.25) is 0 Å². The van der Waals surface area contributed by atoms with Crippen LogP contribution in [0.15, 0.2) is 44.7 Å². The summed E-state index contributed by atoms with van der Waals surface area (Å²) in [6, 6.07) is 5.48. The molecule has 0 aliphatic heterocycles. The average Bonchev–Trinajstić information content (AvgIpc) is 2.60. The summed E-state index contributed by atoms with van der Waals surface area (Å²) in [5.41, 5.74) is -2.57. The van der Waals surface area contributed by atoms with Crippen molar-refractivity contribution in [1.29, 1.82) is 0 Å². The van der Waals surface area contributed by atoms with E-state index in [0.717, 1.165) is 31.9 Å². The van der Waals surface area contributed by atoms with Gasteiger partial charge in [0.1, 0.15) is 11.0 Å². The minimum absolute atomic E-state index is 0.0131. The molecule has 0 radical (unpaired) electrons. The third-order valence-corrected chi connectivity index (χ3v) is 4.29. The standard InChI is InChI=1S/C17H15F3N4O3/c1-22-12(25)8-11(13-14(22)23(2)16(27)24(3)15(13)26)21-10-6-4-5-9(7-10)17(18,19)20/h4-8,21H,1-3H3. The fraction of sp³-hybridized carbons (Fsp3) is 0.235. The highest BCUT2D eigenvalue weighted by atomic mass is 19.4. The Bertz CT molecular complexity index is 1240. The Morgan fingerprint density at radius 2 is 1.59 bits per heavy atom. The second kappa shape index (κ2) is 6.15. The van der Waals surface area contributed by atoms with Crippen LogP contribution in [-0.2, 0) is 27.3 Å². The Kier molecular flexibility index (Phi) is 4.21. The van der Waals surface area contributed by atoms with E-state index in [-0.39, 0.29) is 22.4 Å². The molecule has 0 aliphatic rings. The number of rotatable bonds is 2. The normalized spacial score (nSPS) is 11.8. The lowest BCUT2D eigenvalue weighted by Gasteiger charge is -2.16. The number of hydrogen-bond donors (Lipinski definition) is 1. The van der Waals surface area contributed by atoms with Gasteiger partial charge in [-0.1, -0.05) is 6.07 Å². The molecular formula is C17H15F3N4O3. The summed E-state index contributed by atoms with van der Waals surface area (Å²) >= 11 is 0. The van der Waals surface area contributed by atoms with Crippen molar-refractivity contribution in [3.8, 4) is 0 Å². The number of aryl methyl sites for hydroxylation is 2. The van der Waals surface area contributed by atoms with Crippen LogP contribution in [0.4, 0.5) is 24.5 Å². The summed E-state index contributed by atoms with van der Waals surface area (Å²) < 4.78 is 41.9. The van der Waals surface area contributed by atoms with E-state index >= 15 is 0 Å². The third-order valence-electron chi connectivity index (χ3n) is 4.29. The number of alkyl halides is 3. The van der Waals surface area contributed by atoms with Crippen molar-refractivity contribution in [3.63, 3.8) is 0 Å². The molecule has 7 nitrogen and oxygen atoms in total. The predicted molar refractivity (Wildman–Crippen MR) is 94.4 cm³/mol. The van der Waals surface area contributed by atoms with Gasteiger partial charge in [0.2, 0.25) is 0 Å². The largest absolute Gasteiger partial charge is 0.416 e. The Morgan fingerprint density at radius 1 is 0.926 bits per heavy atom. The summed E-state index contributed by atoms with van der Waals surface area (Å²) in [5.74, 6) is 0. The molecule has 10 heteroatoms. The van der Waals surface area contributed by atoms with Gasteiger partial charge in [-0.3, -0.25) is 23.3 Å². The van der Waals surface area contributed by atoms with Crippen LogP contribution < -0.4 is 22.1 Å². The molecule has 0 aliphatic carbocycles. The van der Waals surface area contributed by atoms with Gasteiger partial charge in [-0.2, -0.15) is 13.2 Å². The average molecular weight is 380 g/mol. The highest BCUT2D eigenvalue weighted by Crippen LogP contribution is 2.31. The van der Waals surface area contributed by atoms with Gasteiger partial charge in [-0.25, -0.2) is 4.79 Å². The van der Waals surface area contributed by atoms with Gasteiger partial charge < -0.3 is 5.32 Å². The molecule has 3 rings (SSSR count). The van der Waals surface area contributed by atoms with Crippen molar-refractivity contribution in [2.45, 2.75) is 6.18 Å². The van der Waals surface area contributed by atoms with Crippen LogP contribution in [-0.4, -0.2) is 13.7 Å². The number of anilines is 2. The molecule has 0 atom stereocenters. The van der Waals surface area contributed by atoms with Crippen molar-refractivity contribution in [2.24, 2.45) is 21.1 Å². The van der Waals surface area contributed by atoms with E-state index in [2.05, 4.69) is 5.32 Å². The number of halogens is 3. The molecule has 1 aromatic carbocycles. The monoisotopic (exact) mass is 380 g/mol. The van der Waals surface area contributed by atoms with E-state index in [0.29, 0.717) is 0 Å².